The van der Waals surface area contributed by atoms with Crippen molar-refractivity contribution in [1.82, 2.24) is 0 Å². The predicted octanol–water partition coefficient (Wildman–Crippen LogP) is 2.37. The molecule has 1 heterocycles. The van der Waals surface area contributed by atoms with Gasteiger partial charge in [-0.25, -0.2) is 0 Å². The standard InChI is InChI=1S/C13H18N2O/c1-2-11(14)9-6-7-12-10(8-9)4-3-5-13(16)15-12/h6-8,11H,2-5,14H2,1H3,(H,15,16). The minimum Gasteiger partial charge on any atom is -0.326 e. The number of aryl methyl sites for hydroxylation is 1. The lowest BCUT2D eigenvalue weighted by Crippen LogP contribution is -2.11. The Balaban J connectivity index is 2.31. The van der Waals surface area contributed by atoms with Crippen molar-refractivity contribution in [3.05, 3.63) is 29.3 Å². The summed E-state index contributed by atoms with van der Waals surface area (Å²) in [4.78, 5) is 11.4. The predicted molar refractivity (Wildman–Crippen MR) is 65.2 cm³/mol. The first-order valence-electron chi connectivity index (χ1n) is 5.89. The van der Waals surface area contributed by atoms with E-state index >= 15 is 0 Å². The van der Waals surface area contributed by atoms with E-state index in [2.05, 4.69) is 18.3 Å². The van der Waals surface area contributed by atoms with Gasteiger partial charge in [0.1, 0.15) is 0 Å². The number of anilines is 1. The first-order chi connectivity index (χ1) is 7.70. The number of hydrogen-bond acceptors (Lipinski definition) is 2. The molecule has 0 saturated carbocycles. The van der Waals surface area contributed by atoms with Crippen molar-refractivity contribution in [2.45, 2.75) is 38.6 Å². The fourth-order valence-corrected chi connectivity index (χ4v) is 2.06. The molecule has 16 heavy (non-hydrogen) atoms. The molecule has 1 aromatic rings. The average molecular weight is 218 g/mol. The lowest BCUT2D eigenvalue weighted by molar-refractivity contribution is -0.116. The Morgan fingerprint density at radius 1 is 1.44 bits per heavy atom. The van der Waals surface area contributed by atoms with Gasteiger partial charge in [-0.1, -0.05) is 19.1 Å². The third-order valence-electron chi connectivity index (χ3n) is 3.12. The van der Waals surface area contributed by atoms with Gasteiger partial charge < -0.3 is 11.1 Å². The molecule has 3 heteroatoms. The van der Waals surface area contributed by atoms with Crippen molar-refractivity contribution in [3.63, 3.8) is 0 Å². The Bertz CT molecular complexity index is 401. The quantitative estimate of drug-likeness (QED) is 0.800. The number of amides is 1. The molecule has 86 valence electrons. The second kappa shape index (κ2) is 4.66. The summed E-state index contributed by atoms with van der Waals surface area (Å²) in [5.74, 6) is 0.117. The summed E-state index contributed by atoms with van der Waals surface area (Å²) < 4.78 is 0. The van der Waals surface area contributed by atoms with Gasteiger partial charge in [-0.2, -0.15) is 0 Å². The molecule has 1 aliphatic heterocycles. The molecule has 0 aliphatic carbocycles. The number of fused-ring (bicyclic) bond motifs is 1. The van der Waals surface area contributed by atoms with Crippen LogP contribution in [0.5, 0.6) is 0 Å². The Labute approximate surface area is 96.0 Å². The summed E-state index contributed by atoms with van der Waals surface area (Å²) in [6.45, 7) is 2.08. The molecule has 2 rings (SSSR count). The van der Waals surface area contributed by atoms with E-state index in [0.717, 1.165) is 30.5 Å². The highest BCUT2D eigenvalue weighted by Crippen LogP contribution is 2.25. The molecule has 1 unspecified atom stereocenters. The summed E-state index contributed by atoms with van der Waals surface area (Å²) >= 11 is 0. The van der Waals surface area contributed by atoms with Gasteiger partial charge in [0, 0.05) is 18.2 Å². The van der Waals surface area contributed by atoms with Crippen LogP contribution in [0.15, 0.2) is 18.2 Å². The second-order valence-electron chi connectivity index (χ2n) is 4.33. The number of nitrogens with one attached hydrogen (secondary N) is 1. The Kier molecular flexibility index (Phi) is 3.25. The van der Waals surface area contributed by atoms with Gasteiger partial charge in [-0.3, -0.25) is 4.79 Å². The molecule has 3 nitrogen and oxygen atoms in total. The van der Waals surface area contributed by atoms with Gasteiger partial charge in [0.2, 0.25) is 5.91 Å². The van der Waals surface area contributed by atoms with E-state index in [-0.39, 0.29) is 11.9 Å². The molecule has 0 saturated heterocycles. The number of benzene rings is 1. The molecule has 0 aromatic heterocycles. The van der Waals surface area contributed by atoms with Gasteiger partial charge >= 0.3 is 0 Å². The molecular formula is C13H18N2O. The molecule has 1 atom stereocenters. The summed E-state index contributed by atoms with van der Waals surface area (Å²) in [5.41, 5.74) is 9.34. The molecule has 1 aromatic carbocycles. The van der Waals surface area contributed by atoms with E-state index in [4.69, 9.17) is 5.73 Å². The summed E-state index contributed by atoms with van der Waals surface area (Å²) in [5, 5.41) is 2.93. The van der Waals surface area contributed by atoms with Crippen LogP contribution in [-0.2, 0) is 11.2 Å². The fourth-order valence-electron chi connectivity index (χ4n) is 2.06. The molecule has 0 fully saturated rings. The Hall–Kier alpha value is -1.35. The van der Waals surface area contributed by atoms with Crippen LogP contribution < -0.4 is 11.1 Å². The number of hydrogen-bond donors (Lipinski definition) is 2. The van der Waals surface area contributed by atoms with E-state index in [9.17, 15) is 4.79 Å². The summed E-state index contributed by atoms with van der Waals surface area (Å²) in [6.07, 6.45) is 3.43. The molecule has 3 N–H and O–H groups in total. The van der Waals surface area contributed by atoms with Gasteiger partial charge in [0.25, 0.3) is 0 Å². The van der Waals surface area contributed by atoms with E-state index in [1.54, 1.807) is 0 Å². The van der Waals surface area contributed by atoms with E-state index in [1.807, 2.05) is 12.1 Å². The zero-order chi connectivity index (χ0) is 11.5. The monoisotopic (exact) mass is 218 g/mol. The van der Waals surface area contributed by atoms with Crippen LogP contribution in [0.2, 0.25) is 0 Å². The van der Waals surface area contributed by atoms with Gasteiger partial charge in [0.05, 0.1) is 0 Å². The van der Waals surface area contributed by atoms with E-state index in [1.165, 1.54) is 5.56 Å². The zero-order valence-corrected chi connectivity index (χ0v) is 9.62. The first kappa shape index (κ1) is 11.1. The zero-order valence-electron chi connectivity index (χ0n) is 9.62. The highest BCUT2D eigenvalue weighted by atomic mass is 16.1. The van der Waals surface area contributed by atoms with Crippen molar-refractivity contribution in [2.24, 2.45) is 5.73 Å². The average Bonchev–Trinajstić information content (AvgIpc) is 2.47. The number of nitrogens with two attached hydrogens (primary N) is 1. The minimum absolute atomic E-state index is 0.101. The molecule has 0 radical (unpaired) electrons. The summed E-state index contributed by atoms with van der Waals surface area (Å²) in [6, 6.07) is 6.22. The maximum Gasteiger partial charge on any atom is 0.224 e. The first-order valence-corrected chi connectivity index (χ1v) is 5.89. The molecule has 1 amide bonds. The van der Waals surface area contributed by atoms with Crippen molar-refractivity contribution >= 4 is 11.6 Å². The lowest BCUT2D eigenvalue weighted by atomic mass is 9.99. The normalized spacial score (nSPS) is 17.2. The Morgan fingerprint density at radius 3 is 3.00 bits per heavy atom. The van der Waals surface area contributed by atoms with Gasteiger partial charge in [-0.15, -0.1) is 0 Å². The molecular weight excluding hydrogens is 200 g/mol. The van der Waals surface area contributed by atoms with Crippen LogP contribution in [0.25, 0.3) is 0 Å². The van der Waals surface area contributed by atoms with Crippen molar-refractivity contribution < 1.29 is 4.79 Å². The van der Waals surface area contributed by atoms with E-state index < -0.39 is 0 Å². The third kappa shape index (κ3) is 2.25. The largest absolute Gasteiger partial charge is 0.326 e. The van der Waals surface area contributed by atoms with Gasteiger partial charge in [0.15, 0.2) is 0 Å². The van der Waals surface area contributed by atoms with Crippen LogP contribution in [0.3, 0.4) is 0 Å². The summed E-state index contributed by atoms with van der Waals surface area (Å²) in [7, 11) is 0. The minimum atomic E-state index is 0.101. The smallest absolute Gasteiger partial charge is 0.224 e. The van der Waals surface area contributed by atoms with Crippen molar-refractivity contribution in [3.8, 4) is 0 Å². The topological polar surface area (TPSA) is 55.1 Å². The maximum absolute atomic E-state index is 11.4. The number of rotatable bonds is 2. The second-order valence-corrected chi connectivity index (χ2v) is 4.33. The van der Waals surface area contributed by atoms with Crippen molar-refractivity contribution in [1.29, 1.82) is 0 Å². The number of carbonyl (C=O) groups is 1. The van der Waals surface area contributed by atoms with Crippen LogP contribution in [-0.4, -0.2) is 5.91 Å². The fraction of sp³-hybridized carbons (Fsp3) is 0.462. The van der Waals surface area contributed by atoms with Crippen LogP contribution in [0.1, 0.15) is 43.4 Å². The number of carbonyl (C=O) groups excluding carboxylic acids is 1. The lowest BCUT2D eigenvalue weighted by Gasteiger charge is -2.13. The van der Waals surface area contributed by atoms with Crippen LogP contribution in [0, 0.1) is 0 Å². The molecule has 0 bridgehead atoms. The Morgan fingerprint density at radius 2 is 2.25 bits per heavy atom. The van der Waals surface area contributed by atoms with Crippen molar-refractivity contribution in [2.75, 3.05) is 5.32 Å². The molecule has 1 aliphatic rings. The highest BCUT2D eigenvalue weighted by molar-refractivity contribution is 5.92. The maximum atomic E-state index is 11.4. The van der Waals surface area contributed by atoms with Crippen LogP contribution >= 0.6 is 0 Å². The van der Waals surface area contributed by atoms with Gasteiger partial charge in [-0.05, 0) is 36.5 Å². The third-order valence-corrected chi connectivity index (χ3v) is 3.12. The van der Waals surface area contributed by atoms with E-state index in [0.29, 0.717) is 6.42 Å². The SMILES string of the molecule is CCC(N)c1ccc2c(c1)CCCC(=O)N2. The highest BCUT2D eigenvalue weighted by Gasteiger charge is 2.14. The molecule has 0 spiro atoms. The van der Waals surface area contributed by atoms with Crippen LogP contribution in [0.4, 0.5) is 5.69 Å².